The van der Waals surface area contributed by atoms with Crippen LogP contribution in [-0.4, -0.2) is 33.1 Å². The van der Waals surface area contributed by atoms with Gasteiger partial charge in [0.05, 0.1) is 20.3 Å². The molecule has 8 heteroatoms. The van der Waals surface area contributed by atoms with Crippen molar-refractivity contribution in [2.24, 2.45) is 11.8 Å². The Balaban J connectivity index is 1.51. The maximum absolute atomic E-state index is 14.7. The number of aryl methyl sites for hydroxylation is 3. The number of rotatable bonds is 6. The molecule has 6 rings (SSSR count). The maximum Gasteiger partial charge on any atom is 0.182 e. The second-order valence-electron chi connectivity index (χ2n) is 12.8. The first kappa shape index (κ1) is 31.7. The molecule has 4 aromatic rings. The molecular weight excluding hydrogens is 624 g/mol. The quantitative estimate of drug-likeness (QED) is 0.211. The normalized spacial score (nSPS) is 25.5. The Morgan fingerprint density at radius 3 is 1.53 bits per heavy atom. The Labute approximate surface area is 271 Å². The van der Waals surface area contributed by atoms with E-state index in [1.54, 1.807) is 36.4 Å². The van der Waals surface area contributed by atoms with Gasteiger partial charge in [0.25, 0.3) is 0 Å². The van der Waals surface area contributed by atoms with Gasteiger partial charge in [0.2, 0.25) is 0 Å². The Bertz CT molecular complexity index is 1920. The Kier molecular flexibility index (Phi) is 8.57. The highest BCUT2D eigenvalue weighted by molar-refractivity contribution is 7.92. The molecule has 6 atom stereocenters. The summed E-state index contributed by atoms with van der Waals surface area (Å²) in [5.41, 5.74) is 4.68. The highest BCUT2D eigenvalue weighted by Gasteiger charge is 2.56. The van der Waals surface area contributed by atoms with Gasteiger partial charge in [-0.3, -0.25) is 4.79 Å². The zero-order valence-electron chi connectivity index (χ0n) is 25.6. The smallest absolute Gasteiger partial charge is 0.182 e. The lowest BCUT2D eigenvalue weighted by molar-refractivity contribution is -0.128. The van der Waals surface area contributed by atoms with Crippen LogP contribution in [-0.2, 0) is 24.5 Å². The van der Waals surface area contributed by atoms with E-state index in [-0.39, 0.29) is 34.8 Å². The summed E-state index contributed by atoms with van der Waals surface area (Å²) in [7, 11) is -7.82. The van der Waals surface area contributed by atoms with Gasteiger partial charge in [-0.15, -0.1) is 0 Å². The number of benzene rings is 4. The molecule has 5 nitrogen and oxygen atoms in total. The molecule has 0 bridgehead atoms. The summed E-state index contributed by atoms with van der Waals surface area (Å²) in [6.07, 6.45) is 0.370. The second-order valence-corrected chi connectivity index (χ2v) is 17.5. The second kappa shape index (κ2) is 12.2. The molecule has 45 heavy (non-hydrogen) atoms. The summed E-state index contributed by atoms with van der Waals surface area (Å²) in [4.78, 5) is 14.4. The minimum absolute atomic E-state index is 0.0359. The van der Waals surface area contributed by atoms with Crippen molar-refractivity contribution in [3.63, 3.8) is 0 Å². The van der Waals surface area contributed by atoms with Gasteiger partial charge in [-0.1, -0.05) is 89.0 Å². The molecule has 0 radical (unpaired) electrons. The zero-order valence-corrected chi connectivity index (χ0v) is 27.9. The number of halogens is 1. The van der Waals surface area contributed by atoms with Gasteiger partial charge in [0.1, 0.15) is 5.78 Å². The van der Waals surface area contributed by atoms with Crippen molar-refractivity contribution >= 4 is 37.1 Å². The molecule has 0 aliphatic heterocycles. The highest BCUT2D eigenvalue weighted by Crippen LogP contribution is 2.54. The van der Waals surface area contributed by atoms with E-state index in [2.05, 4.69) is 0 Å². The predicted octanol–water partition coefficient (Wildman–Crippen LogP) is 7.82. The minimum atomic E-state index is -3.96. The number of fused-ring (bicyclic) bond motifs is 1. The molecule has 4 aromatic carbocycles. The molecule has 0 N–H and O–H groups in total. The van der Waals surface area contributed by atoms with E-state index in [1.165, 1.54) is 12.1 Å². The van der Waals surface area contributed by atoms with Crippen molar-refractivity contribution in [2.45, 2.75) is 72.2 Å². The van der Waals surface area contributed by atoms with Crippen molar-refractivity contribution in [1.82, 2.24) is 0 Å². The lowest BCUT2D eigenvalue weighted by Gasteiger charge is -2.48. The summed E-state index contributed by atoms with van der Waals surface area (Å²) < 4.78 is 58.0. The third kappa shape index (κ3) is 6.02. The van der Waals surface area contributed by atoms with Crippen LogP contribution in [0.3, 0.4) is 0 Å². The minimum Gasteiger partial charge on any atom is -0.299 e. The molecule has 2 unspecified atom stereocenters. The number of carbonyl (C=O) groups excluding carboxylic acids is 1. The van der Waals surface area contributed by atoms with Crippen LogP contribution in [0.25, 0.3) is 0 Å². The van der Waals surface area contributed by atoms with E-state index in [0.717, 1.165) is 27.8 Å². The Morgan fingerprint density at radius 1 is 0.556 bits per heavy atom. The van der Waals surface area contributed by atoms with Crippen LogP contribution in [0.2, 0.25) is 5.02 Å². The number of hydrogen-bond donors (Lipinski definition) is 0. The summed E-state index contributed by atoms with van der Waals surface area (Å²) in [5, 5.41) is -1.36. The van der Waals surface area contributed by atoms with Crippen LogP contribution in [0.5, 0.6) is 0 Å². The number of hydrogen-bond acceptors (Lipinski definition) is 5. The summed E-state index contributed by atoms with van der Waals surface area (Å²) in [6, 6.07) is 28.6. The lowest BCUT2D eigenvalue weighted by atomic mass is 9.61. The van der Waals surface area contributed by atoms with E-state index < -0.39 is 53.8 Å². The fraction of sp³-hybridized carbons (Fsp3) is 0.324. The molecule has 2 aliphatic carbocycles. The van der Waals surface area contributed by atoms with Crippen LogP contribution < -0.4 is 0 Å². The van der Waals surface area contributed by atoms with Crippen LogP contribution in [0, 0.1) is 32.6 Å². The lowest BCUT2D eigenvalue weighted by Crippen LogP contribution is -2.53. The van der Waals surface area contributed by atoms with Crippen molar-refractivity contribution < 1.29 is 21.6 Å². The molecule has 2 saturated carbocycles. The number of ketones is 1. The third-order valence-electron chi connectivity index (χ3n) is 9.89. The summed E-state index contributed by atoms with van der Waals surface area (Å²) >= 11 is 6.14. The van der Waals surface area contributed by atoms with E-state index in [9.17, 15) is 21.6 Å². The van der Waals surface area contributed by atoms with Gasteiger partial charge in [-0.2, -0.15) is 0 Å². The SMILES string of the molecule is Cc1ccc([C@@H]2C[C@@H]3C(S(=O)(=O)c4ccc(Cl)cc4)[C@H](c4ccc(C)cc4)CC(=O)[C@@H]3CC2S(=O)(=O)c2ccc(C)cc2)cc1. The van der Waals surface area contributed by atoms with Crippen LogP contribution in [0.15, 0.2) is 107 Å². The summed E-state index contributed by atoms with van der Waals surface area (Å²) in [5.74, 6) is -2.41. The molecule has 0 amide bonds. The average molecular weight is 661 g/mol. The zero-order chi connectivity index (χ0) is 32.1. The van der Waals surface area contributed by atoms with E-state index in [1.807, 2.05) is 69.3 Å². The average Bonchev–Trinajstić information content (AvgIpc) is 3.01. The molecule has 0 spiro atoms. The van der Waals surface area contributed by atoms with Gasteiger partial charge in [0, 0.05) is 29.2 Å². The molecule has 2 fully saturated rings. The highest BCUT2D eigenvalue weighted by atomic mass is 35.5. The molecule has 0 saturated heterocycles. The first-order chi connectivity index (χ1) is 21.4. The van der Waals surface area contributed by atoms with E-state index >= 15 is 0 Å². The van der Waals surface area contributed by atoms with Gasteiger partial charge >= 0.3 is 0 Å². The maximum atomic E-state index is 14.7. The van der Waals surface area contributed by atoms with Crippen molar-refractivity contribution in [2.75, 3.05) is 0 Å². The monoisotopic (exact) mass is 660 g/mol. The van der Waals surface area contributed by atoms with Gasteiger partial charge in [0.15, 0.2) is 19.7 Å². The molecule has 2 aliphatic rings. The fourth-order valence-electron chi connectivity index (χ4n) is 7.47. The van der Waals surface area contributed by atoms with Crippen LogP contribution in [0.4, 0.5) is 0 Å². The molecule has 0 heterocycles. The number of Topliss-reactive ketones (excluding diaryl/α,β-unsaturated/α-hetero) is 1. The Morgan fingerprint density at radius 2 is 1.00 bits per heavy atom. The number of sulfone groups is 2. The van der Waals surface area contributed by atoms with Crippen LogP contribution >= 0.6 is 11.6 Å². The van der Waals surface area contributed by atoms with Crippen LogP contribution in [0.1, 0.15) is 58.9 Å². The fourth-order valence-corrected chi connectivity index (χ4v) is 11.9. The van der Waals surface area contributed by atoms with E-state index in [0.29, 0.717) is 5.02 Å². The van der Waals surface area contributed by atoms with Gasteiger partial charge < -0.3 is 0 Å². The topological polar surface area (TPSA) is 85.3 Å². The Hall–Kier alpha value is -3.26. The largest absolute Gasteiger partial charge is 0.299 e. The first-order valence-electron chi connectivity index (χ1n) is 15.3. The van der Waals surface area contributed by atoms with Crippen molar-refractivity contribution in [3.8, 4) is 0 Å². The third-order valence-corrected chi connectivity index (χ3v) is 14.7. The van der Waals surface area contributed by atoms with E-state index in [4.69, 9.17) is 11.6 Å². The van der Waals surface area contributed by atoms with Crippen molar-refractivity contribution in [1.29, 1.82) is 0 Å². The molecule has 0 aromatic heterocycles. The molecule has 234 valence electrons. The first-order valence-corrected chi connectivity index (χ1v) is 18.8. The predicted molar refractivity (Wildman–Crippen MR) is 178 cm³/mol. The summed E-state index contributed by atoms with van der Waals surface area (Å²) in [6.45, 7) is 5.85. The molecular formula is C37H37ClO5S2. The number of carbonyl (C=O) groups is 1. The standard InChI is InChI=1S/C37H37ClO5S2/c1-23-4-10-26(11-5-23)31-20-34-33(22-36(31)44(40,41)29-16-8-25(3)9-17-29)35(39)21-32(27-12-6-24(2)7-13-27)37(34)45(42,43)30-18-14-28(38)15-19-30/h4-19,31-34,36-37H,20-22H2,1-3H3/t31-,32-,33+,34-,36?,37?/m0/s1. The van der Waals surface area contributed by atoms with Gasteiger partial charge in [-0.25, -0.2) is 16.8 Å². The van der Waals surface area contributed by atoms with Crippen molar-refractivity contribution in [3.05, 3.63) is 130 Å². The van der Waals surface area contributed by atoms with Gasteiger partial charge in [-0.05, 0) is 87.1 Å².